The predicted molar refractivity (Wildman–Crippen MR) is 259 cm³/mol. The van der Waals surface area contributed by atoms with Crippen LogP contribution in [0, 0.1) is 5.41 Å². The van der Waals surface area contributed by atoms with Crippen molar-refractivity contribution in [2.75, 3.05) is 0 Å². The van der Waals surface area contributed by atoms with E-state index in [2.05, 4.69) is 196 Å². The largest absolute Gasteiger partial charge is 0.282 e. The van der Waals surface area contributed by atoms with Crippen molar-refractivity contribution in [2.45, 2.75) is 19.3 Å². The zero-order valence-electron chi connectivity index (χ0n) is 34.3. The topological polar surface area (TPSA) is 36.2 Å². The molecule has 1 aliphatic rings. The molecule has 0 amide bonds. The van der Waals surface area contributed by atoms with Crippen molar-refractivity contribution in [1.29, 1.82) is 5.41 Å². The van der Waals surface area contributed by atoms with Gasteiger partial charge < -0.3 is 0 Å². The number of hydrogen-bond acceptors (Lipinski definition) is 1. The Balaban J connectivity index is 1.07. The van der Waals surface area contributed by atoms with Crippen LogP contribution in [0.2, 0.25) is 0 Å². The Morgan fingerprint density at radius 3 is 1.66 bits per heavy atom. The Hall–Kier alpha value is -7.68. The third kappa shape index (κ3) is 7.13. The minimum atomic E-state index is -0.104. The van der Waals surface area contributed by atoms with Crippen LogP contribution in [0.3, 0.4) is 0 Å². The molecule has 9 aromatic carbocycles. The molecule has 0 bridgehead atoms. The number of fused-ring (bicyclic) bond motifs is 4. The summed E-state index contributed by atoms with van der Waals surface area (Å²) in [6.45, 7) is 4.71. The molecule has 0 spiro atoms. The molecule has 0 radical (unpaired) electrons. The number of hydrogen-bond donors (Lipinski definition) is 1. The third-order valence-electron chi connectivity index (χ3n) is 12.2. The molecule has 0 aromatic heterocycles. The first-order valence-electron chi connectivity index (χ1n) is 21.0. The molecule has 1 aliphatic carbocycles. The molecule has 0 unspecified atom stereocenters. The van der Waals surface area contributed by atoms with Gasteiger partial charge in [0.05, 0.1) is 5.71 Å². The van der Waals surface area contributed by atoms with Gasteiger partial charge in [-0.1, -0.05) is 208 Å². The Morgan fingerprint density at radius 1 is 0.426 bits per heavy atom. The quantitative estimate of drug-likeness (QED) is 0.118. The second-order valence-corrected chi connectivity index (χ2v) is 16.3. The first kappa shape index (κ1) is 37.6. The molecule has 61 heavy (non-hydrogen) atoms. The first-order chi connectivity index (χ1) is 29.9. The van der Waals surface area contributed by atoms with Gasteiger partial charge in [-0.25, -0.2) is 4.99 Å². The SMILES string of the molecule is CC1(C)c2ccccc2-c2cccc(-c3cccc(-c4ccc(/C=C/C(=NC(=N)c5ccccc5)c5cc(-c6ccccc6)cc(-c6ccccc6)c5)c5ccccc45)c3)c21. The lowest BCUT2D eigenvalue weighted by atomic mass is 9.78. The van der Waals surface area contributed by atoms with Crippen molar-refractivity contribution in [2.24, 2.45) is 4.99 Å². The summed E-state index contributed by atoms with van der Waals surface area (Å²) in [6, 6.07) is 75.1. The van der Waals surface area contributed by atoms with Crippen LogP contribution in [0.25, 0.3) is 72.5 Å². The second-order valence-electron chi connectivity index (χ2n) is 16.3. The van der Waals surface area contributed by atoms with Gasteiger partial charge in [0, 0.05) is 16.5 Å². The van der Waals surface area contributed by atoms with E-state index in [1.165, 1.54) is 49.9 Å². The molecular weight excluding hydrogens is 737 g/mol. The van der Waals surface area contributed by atoms with Gasteiger partial charge in [0.15, 0.2) is 5.84 Å². The molecule has 1 N–H and O–H groups in total. The molecule has 0 heterocycles. The lowest BCUT2D eigenvalue weighted by Crippen LogP contribution is -2.16. The molecule has 9 aromatic rings. The van der Waals surface area contributed by atoms with Crippen molar-refractivity contribution >= 4 is 28.4 Å². The highest BCUT2D eigenvalue weighted by molar-refractivity contribution is 6.19. The average Bonchev–Trinajstić information content (AvgIpc) is 3.56. The van der Waals surface area contributed by atoms with Crippen LogP contribution in [0.4, 0.5) is 0 Å². The summed E-state index contributed by atoms with van der Waals surface area (Å²) < 4.78 is 0. The lowest BCUT2D eigenvalue weighted by molar-refractivity contribution is 0.662. The fourth-order valence-corrected chi connectivity index (χ4v) is 9.18. The highest BCUT2D eigenvalue weighted by Gasteiger charge is 2.37. The molecule has 0 atom stereocenters. The van der Waals surface area contributed by atoms with Crippen LogP contribution in [-0.2, 0) is 5.41 Å². The molecule has 0 aliphatic heterocycles. The maximum absolute atomic E-state index is 9.14. The van der Waals surface area contributed by atoms with Crippen molar-refractivity contribution in [3.05, 3.63) is 246 Å². The molecular formula is C59H44N2. The van der Waals surface area contributed by atoms with Crippen molar-refractivity contribution in [3.63, 3.8) is 0 Å². The number of amidine groups is 1. The third-order valence-corrected chi connectivity index (χ3v) is 12.2. The Bertz CT molecular complexity index is 3100. The van der Waals surface area contributed by atoms with Gasteiger partial charge in [0.1, 0.15) is 0 Å². The van der Waals surface area contributed by atoms with Gasteiger partial charge in [-0.3, -0.25) is 5.41 Å². The molecule has 2 nitrogen and oxygen atoms in total. The summed E-state index contributed by atoms with van der Waals surface area (Å²) in [7, 11) is 0. The number of nitrogens with zero attached hydrogens (tertiary/aromatic N) is 1. The smallest absolute Gasteiger partial charge is 0.152 e. The summed E-state index contributed by atoms with van der Waals surface area (Å²) >= 11 is 0. The van der Waals surface area contributed by atoms with E-state index in [0.29, 0.717) is 5.71 Å². The zero-order chi connectivity index (χ0) is 41.3. The van der Waals surface area contributed by atoms with Crippen LogP contribution in [0.1, 0.15) is 41.7 Å². The fourth-order valence-electron chi connectivity index (χ4n) is 9.18. The monoisotopic (exact) mass is 780 g/mol. The number of rotatable bonds is 8. The average molecular weight is 781 g/mol. The van der Waals surface area contributed by atoms with E-state index in [4.69, 9.17) is 10.4 Å². The maximum atomic E-state index is 9.14. The summed E-state index contributed by atoms with van der Waals surface area (Å²) in [4.78, 5) is 5.05. The molecule has 10 rings (SSSR count). The van der Waals surface area contributed by atoms with Crippen LogP contribution < -0.4 is 0 Å². The minimum Gasteiger partial charge on any atom is -0.282 e. The van der Waals surface area contributed by atoms with E-state index in [1.807, 2.05) is 42.5 Å². The predicted octanol–water partition coefficient (Wildman–Crippen LogP) is 15.3. The number of benzene rings is 9. The van der Waals surface area contributed by atoms with E-state index in [1.54, 1.807) is 0 Å². The normalized spacial score (nSPS) is 13.0. The summed E-state index contributed by atoms with van der Waals surface area (Å²) in [5, 5.41) is 11.5. The number of aliphatic imine (C=N–C) groups is 1. The fraction of sp³-hybridized carbons (Fsp3) is 0.0508. The van der Waals surface area contributed by atoms with E-state index < -0.39 is 0 Å². The molecule has 290 valence electrons. The molecule has 0 saturated carbocycles. The van der Waals surface area contributed by atoms with Crippen molar-refractivity contribution < 1.29 is 0 Å². The van der Waals surface area contributed by atoms with Crippen molar-refractivity contribution in [3.8, 4) is 55.6 Å². The van der Waals surface area contributed by atoms with Crippen LogP contribution >= 0.6 is 0 Å². The van der Waals surface area contributed by atoms with Crippen molar-refractivity contribution in [1.82, 2.24) is 0 Å². The Kier molecular flexibility index (Phi) is 9.75. The van der Waals surface area contributed by atoms with E-state index in [9.17, 15) is 0 Å². The highest BCUT2D eigenvalue weighted by atomic mass is 14.8. The van der Waals surface area contributed by atoms with Crippen LogP contribution in [-0.4, -0.2) is 11.5 Å². The Labute approximate surface area is 358 Å². The highest BCUT2D eigenvalue weighted by Crippen LogP contribution is 2.52. The summed E-state index contributed by atoms with van der Waals surface area (Å²) in [6.07, 6.45) is 4.23. The second kappa shape index (κ2) is 15.8. The van der Waals surface area contributed by atoms with E-state index in [-0.39, 0.29) is 11.3 Å². The van der Waals surface area contributed by atoms with Gasteiger partial charge in [-0.15, -0.1) is 0 Å². The van der Waals surface area contributed by atoms with E-state index in [0.717, 1.165) is 44.3 Å². The maximum Gasteiger partial charge on any atom is 0.152 e. The van der Waals surface area contributed by atoms with Crippen LogP contribution in [0.15, 0.2) is 223 Å². The molecule has 0 saturated heterocycles. The Morgan fingerprint density at radius 2 is 0.951 bits per heavy atom. The number of allylic oxidation sites excluding steroid dienone is 1. The summed E-state index contributed by atoms with van der Waals surface area (Å²) in [5.41, 5.74) is 18.1. The molecule has 0 fully saturated rings. The zero-order valence-corrected chi connectivity index (χ0v) is 34.3. The number of nitrogens with one attached hydrogen (secondary N) is 1. The lowest BCUT2D eigenvalue weighted by Gasteiger charge is -2.24. The van der Waals surface area contributed by atoms with E-state index >= 15 is 0 Å². The van der Waals surface area contributed by atoms with Gasteiger partial charge in [0.25, 0.3) is 0 Å². The van der Waals surface area contributed by atoms with Crippen LogP contribution in [0.5, 0.6) is 0 Å². The van der Waals surface area contributed by atoms with Gasteiger partial charge in [0.2, 0.25) is 0 Å². The van der Waals surface area contributed by atoms with Gasteiger partial charge in [-0.05, 0) is 113 Å². The van der Waals surface area contributed by atoms with Gasteiger partial charge in [-0.2, -0.15) is 0 Å². The standard InChI is InChI=1S/C59H44N2/c1-59(2)55-31-15-14-28-53(55)54-30-17-29-51(57(54)59)45-25-16-24-44(36-45)50-34-32-42(49-26-12-13-27-52(49)50)33-35-56(61-58(60)43-22-10-5-11-23-43)48-38-46(40-18-6-3-7-19-40)37-47(39-48)41-20-8-4-9-21-41/h3-39,60H,1-2H3/b35-33+,60-58?,61-56?. The molecule has 2 heteroatoms. The van der Waals surface area contributed by atoms with Gasteiger partial charge >= 0.3 is 0 Å². The summed E-state index contributed by atoms with van der Waals surface area (Å²) in [5.74, 6) is 0.211. The minimum absolute atomic E-state index is 0.104. The first-order valence-corrected chi connectivity index (χ1v) is 21.0.